The molecule has 1 aromatic heterocycles. The number of hydrogen-bond donors (Lipinski definition) is 1. The van der Waals surface area contributed by atoms with Crippen LogP contribution in [0.4, 0.5) is 4.39 Å². The van der Waals surface area contributed by atoms with Crippen molar-refractivity contribution in [3.63, 3.8) is 0 Å². The van der Waals surface area contributed by atoms with Gasteiger partial charge in [-0.3, -0.25) is 4.98 Å². The van der Waals surface area contributed by atoms with E-state index in [1.165, 1.54) is 6.20 Å². The summed E-state index contributed by atoms with van der Waals surface area (Å²) in [6, 6.07) is 2.02. The minimum atomic E-state index is -2.32. The van der Waals surface area contributed by atoms with E-state index in [1.807, 2.05) is 6.07 Å². The van der Waals surface area contributed by atoms with Gasteiger partial charge >= 0.3 is 0 Å². The van der Waals surface area contributed by atoms with Crippen molar-refractivity contribution in [2.75, 3.05) is 0 Å². The number of aliphatic hydroxyl groups is 1. The summed E-state index contributed by atoms with van der Waals surface area (Å²) in [7, 11) is 0. The quantitative estimate of drug-likeness (QED) is 0.703. The average molecular weight is 206 g/mol. The van der Waals surface area contributed by atoms with Crippen molar-refractivity contribution in [3.8, 4) is 6.07 Å². The van der Waals surface area contributed by atoms with E-state index in [-0.39, 0.29) is 12.0 Å². The van der Waals surface area contributed by atoms with Crippen LogP contribution in [-0.4, -0.2) is 10.1 Å². The molecule has 1 aliphatic rings. The molecule has 1 unspecified atom stereocenters. The summed E-state index contributed by atoms with van der Waals surface area (Å²) in [5, 5.41) is 18.5. The molecule has 0 saturated carbocycles. The third kappa shape index (κ3) is 1.49. The first-order valence-corrected chi connectivity index (χ1v) is 4.86. The number of aryl methyl sites for hydroxylation is 1. The molecule has 0 amide bonds. The Labute approximate surface area is 87.2 Å². The Morgan fingerprint density at radius 1 is 1.67 bits per heavy atom. The molecule has 1 aliphatic carbocycles. The van der Waals surface area contributed by atoms with Crippen molar-refractivity contribution in [1.82, 2.24) is 4.98 Å². The molecule has 2 rings (SSSR count). The molecule has 1 heterocycles. The number of aromatic nitrogens is 1. The van der Waals surface area contributed by atoms with Gasteiger partial charge in [0.15, 0.2) is 0 Å². The molecule has 0 bridgehead atoms. The summed E-state index contributed by atoms with van der Waals surface area (Å²) in [5.41, 5.74) is 1.77. The minimum Gasteiger partial charge on any atom is -0.358 e. The Balaban J connectivity index is 2.68. The summed E-state index contributed by atoms with van der Waals surface area (Å²) >= 11 is 0. The fourth-order valence-electron chi connectivity index (χ4n) is 2.03. The highest BCUT2D eigenvalue weighted by molar-refractivity contribution is 5.47. The van der Waals surface area contributed by atoms with E-state index in [1.54, 1.807) is 6.92 Å². The Bertz CT molecular complexity index is 449. The molecule has 0 radical (unpaired) electrons. The predicted molar refractivity (Wildman–Crippen MR) is 51.6 cm³/mol. The van der Waals surface area contributed by atoms with Crippen LogP contribution in [0.1, 0.15) is 35.2 Å². The maximum absolute atomic E-state index is 13.7. The van der Waals surface area contributed by atoms with Gasteiger partial charge in [0.05, 0.1) is 11.3 Å². The van der Waals surface area contributed by atoms with E-state index >= 15 is 0 Å². The summed E-state index contributed by atoms with van der Waals surface area (Å²) in [5.74, 6) is -2.32. The molecule has 78 valence electrons. The maximum Gasteiger partial charge on any atom is 0.234 e. The van der Waals surface area contributed by atoms with Crippen LogP contribution in [0.3, 0.4) is 0 Å². The van der Waals surface area contributed by atoms with Crippen LogP contribution >= 0.6 is 0 Å². The van der Waals surface area contributed by atoms with Crippen LogP contribution in [0, 0.1) is 18.3 Å². The van der Waals surface area contributed by atoms with E-state index in [4.69, 9.17) is 5.26 Å². The largest absolute Gasteiger partial charge is 0.358 e. The smallest absolute Gasteiger partial charge is 0.234 e. The molecule has 0 aliphatic heterocycles. The number of nitrogens with zero attached hydrogens (tertiary/aromatic N) is 2. The van der Waals surface area contributed by atoms with Gasteiger partial charge in [-0.2, -0.15) is 5.26 Å². The van der Waals surface area contributed by atoms with Crippen LogP contribution in [0.25, 0.3) is 0 Å². The molecule has 0 saturated heterocycles. The van der Waals surface area contributed by atoms with E-state index in [0.29, 0.717) is 29.7 Å². The zero-order valence-electron chi connectivity index (χ0n) is 8.42. The Morgan fingerprint density at radius 2 is 2.40 bits per heavy atom. The predicted octanol–water partition coefficient (Wildman–Crippen LogP) is 1.71. The van der Waals surface area contributed by atoms with Gasteiger partial charge in [-0.1, -0.05) is 0 Å². The summed E-state index contributed by atoms with van der Waals surface area (Å²) in [4.78, 5) is 3.94. The van der Waals surface area contributed by atoms with Gasteiger partial charge in [0, 0.05) is 18.2 Å². The number of nitriles is 1. The SMILES string of the molecule is Cc1ncc2c(c1C#N)CCCC2(O)F. The lowest BCUT2D eigenvalue weighted by Crippen LogP contribution is -2.26. The summed E-state index contributed by atoms with van der Waals surface area (Å²) in [6.45, 7) is 1.71. The van der Waals surface area contributed by atoms with Gasteiger partial charge in [0.25, 0.3) is 0 Å². The van der Waals surface area contributed by atoms with Crippen LogP contribution in [0.5, 0.6) is 0 Å². The van der Waals surface area contributed by atoms with E-state index < -0.39 is 5.85 Å². The molecule has 0 fully saturated rings. The number of rotatable bonds is 0. The molecule has 4 heteroatoms. The Kier molecular flexibility index (Phi) is 2.20. The first kappa shape index (κ1) is 10.1. The second-order valence-electron chi connectivity index (χ2n) is 3.84. The van der Waals surface area contributed by atoms with E-state index in [9.17, 15) is 9.50 Å². The van der Waals surface area contributed by atoms with Gasteiger partial charge < -0.3 is 5.11 Å². The van der Waals surface area contributed by atoms with Crippen molar-refractivity contribution >= 4 is 0 Å². The lowest BCUT2D eigenvalue weighted by atomic mass is 9.86. The van der Waals surface area contributed by atoms with Crippen molar-refractivity contribution in [1.29, 1.82) is 5.26 Å². The Morgan fingerprint density at radius 3 is 3.07 bits per heavy atom. The highest BCUT2D eigenvalue weighted by Crippen LogP contribution is 2.37. The topological polar surface area (TPSA) is 56.9 Å². The molecule has 15 heavy (non-hydrogen) atoms. The zero-order valence-corrected chi connectivity index (χ0v) is 8.42. The minimum absolute atomic E-state index is 0.0790. The Hall–Kier alpha value is -1.47. The summed E-state index contributed by atoms with van der Waals surface area (Å²) < 4.78 is 13.7. The molecular formula is C11H11FN2O. The van der Waals surface area contributed by atoms with Crippen molar-refractivity contribution in [2.45, 2.75) is 32.0 Å². The molecule has 0 aromatic carbocycles. The second-order valence-corrected chi connectivity index (χ2v) is 3.84. The first-order valence-electron chi connectivity index (χ1n) is 4.86. The highest BCUT2D eigenvalue weighted by Gasteiger charge is 2.36. The number of hydrogen-bond acceptors (Lipinski definition) is 3. The van der Waals surface area contributed by atoms with Crippen LogP contribution in [-0.2, 0) is 12.3 Å². The number of halogens is 1. The van der Waals surface area contributed by atoms with Gasteiger partial charge in [-0.15, -0.1) is 0 Å². The standard InChI is InChI=1S/C11H11FN2O/c1-7-9(5-13)8-3-2-4-11(12,15)10(8)6-14-7/h6,15H,2-4H2,1H3. The lowest BCUT2D eigenvalue weighted by molar-refractivity contribution is -0.108. The lowest BCUT2D eigenvalue weighted by Gasteiger charge is -2.27. The van der Waals surface area contributed by atoms with Gasteiger partial charge in [-0.05, 0) is 25.3 Å². The first-order chi connectivity index (χ1) is 7.06. The van der Waals surface area contributed by atoms with Gasteiger partial charge in [0.2, 0.25) is 5.85 Å². The van der Waals surface area contributed by atoms with Crippen LogP contribution < -0.4 is 0 Å². The molecule has 3 nitrogen and oxygen atoms in total. The number of pyridine rings is 1. The second kappa shape index (κ2) is 3.28. The normalized spacial score (nSPS) is 24.4. The van der Waals surface area contributed by atoms with Crippen LogP contribution in [0.15, 0.2) is 6.20 Å². The third-order valence-electron chi connectivity index (χ3n) is 2.84. The van der Waals surface area contributed by atoms with Crippen molar-refractivity contribution < 1.29 is 9.50 Å². The number of alkyl halides is 1. The van der Waals surface area contributed by atoms with Gasteiger partial charge in [-0.25, -0.2) is 4.39 Å². The molecule has 1 aromatic rings. The van der Waals surface area contributed by atoms with Crippen molar-refractivity contribution in [2.24, 2.45) is 0 Å². The zero-order chi connectivity index (χ0) is 11.1. The molecule has 0 spiro atoms. The highest BCUT2D eigenvalue weighted by atomic mass is 19.2. The fraction of sp³-hybridized carbons (Fsp3) is 0.455. The van der Waals surface area contributed by atoms with Crippen molar-refractivity contribution in [3.05, 3.63) is 28.6 Å². The van der Waals surface area contributed by atoms with Gasteiger partial charge in [0.1, 0.15) is 6.07 Å². The fourth-order valence-corrected chi connectivity index (χ4v) is 2.03. The van der Waals surface area contributed by atoms with Crippen LogP contribution in [0.2, 0.25) is 0 Å². The number of fused-ring (bicyclic) bond motifs is 1. The molecular weight excluding hydrogens is 195 g/mol. The summed E-state index contributed by atoms with van der Waals surface area (Å²) in [6.07, 6.45) is 2.60. The molecule has 1 N–H and O–H groups in total. The van der Waals surface area contributed by atoms with E-state index in [2.05, 4.69) is 4.98 Å². The average Bonchev–Trinajstić information content (AvgIpc) is 2.16. The maximum atomic E-state index is 13.7. The third-order valence-corrected chi connectivity index (χ3v) is 2.84. The van der Waals surface area contributed by atoms with E-state index in [0.717, 1.165) is 0 Å². The monoisotopic (exact) mass is 206 g/mol. The molecule has 1 atom stereocenters.